The Kier molecular flexibility index (Phi) is 5.75. The summed E-state index contributed by atoms with van der Waals surface area (Å²) in [5.74, 6) is -0.746. The molecule has 0 unspecified atom stereocenters. The molecule has 24 heavy (non-hydrogen) atoms. The number of ether oxygens (including phenoxy) is 1. The highest BCUT2D eigenvalue weighted by molar-refractivity contribution is 6.34. The van der Waals surface area contributed by atoms with E-state index in [0.717, 1.165) is 0 Å². The van der Waals surface area contributed by atoms with Crippen LogP contribution >= 0.6 is 11.6 Å². The molecule has 0 atom stereocenters. The van der Waals surface area contributed by atoms with Crippen LogP contribution in [0.4, 0.5) is 4.79 Å². The third-order valence-corrected chi connectivity index (χ3v) is 3.30. The molecule has 0 saturated carbocycles. The third kappa shape index (κ3) is 4.47. The van der Waals surface area contributed by atoms with Gasteiger partial charge < -0.3 is 4.74 Å². The monoisotopic (exact) mass is 347 g/mol. The van der Waals surface area contributed by atoms with Gasteiger partial charge in [0.2, 0.25) is 0 Å². The molecule has 124 valence electrons. The molecule has 2 rings (SSSR count). The number of benzene rings is 2. The summed E-state index contributed by atoms with van der Waals surface area (Å²) < 4.78 is 5.01. The molecule has 3 N–H and O–H groups in total. The van der Waals surface area contributed by atoms with E-state index in [4.69, 9.17) is 16.3 Å². The summed E-state index contributed by atoms with van der Waals surface area (Å²) in [5.41, 5.74) is 4.69. The molecule has 0 radical (unpaired) electrons. The number of hydrogen-bond acceptors (Lipinski definition) is 4. The quantitative estimate of drug-likeness (QED) is 0.741. The standard InChI is InChI=1S/C16H14ClN3O4/c1-24-11-6-4-5-10(9-11)14(21)19-20-16(23)18-15(22)12-7-2-3-8-13(12)17/h2-9H,1H3,(H,19,21)(H2,18,20,22,23). The molecular formula is C16H14ClN3O4. The van der Waals surface area contributed by atoms with Gasteiger partial charge in [-0.2, -0.15) is 0 Å². The Morgan fingerprint density at radius 1 is 0.958 bits per heavy atom. The zero-order chi connectivity index (χ0) is 17.5. The molecule has 0 aliphatic carbocycles. The molecule has 0 spiro atoms. The number of imide groups is 1. The number of nitrogens with one attached hydrogen (secondary N) is 3. The number of carbonyl (C=O) groups excluding carboxylic acids is 3. The van der Waals surface area contributed by atoms with Crippen LogP contribution in [-0.4, -0.2) is 25.0 Å². The van der Waals surface area contributed by atoms with Crippen molar-refractivity contribution in [3.8, 4) is 5.75 Å². The second-order valence-corrected chi connectivity index (χ2v) is 4.98. The van der Waals surface area contributed by atoms with E-state index in [1.165, 1.54) is 25.3 Å². The van der Waals surface area contributed by atoms with Gasteiger partial charge in [0.15, 0.2) is 0 Å². The second-order valence-electron chi connectivity index (χ2n) is 4.57. The van der Waals surface area contributed by atoms with Crippen LogP contribution < -0.4 is 20.9 Å². The van der Waals surface area contributed by atoms with E-state index in [1.54, 1.807) is 30.3 Å². The number of methoxy groups -OCH3 is 1. The zero-order valence-electron chi connectivity index (χ0n) is 12.6. The minimum atomic E-state index is -0.892. The first-order valence-electron chi connectivity index (χ1n) is 6.81. The molecular weight excluding hydrogens is 334 g/mol. The molecule has 0 aromatic heterocycles. The Labute approximate surface area is 142 Å². The molecule has 2 aromatic rings. The topological polar surface area (TPSA) is 96.5 Å². The molecule has 0 aliphatic heterocycles. The Bertz CT molecular complexity index is 779. The van der Waals surface area contributed by atoms with Gasteiger partial charge in [-0.05, 0) is 30.3 Å². The Morgan fingerprint density at radius 2 is 1.71 bits per heavy atom. The van der Waals surface area contributed by atoms with E-state index in [0.29, 0.717) is 5.75 Å². The number of urea groups is 1. The van der Waals surface area contributed by atoms with Crippen molar-refractivity contribution in [2.45, 2.75) is 0 Å². The third-order valence-electron chi connectivity index (χ3n) is 2.97. The lowest BCUT2D eigenvalue weighted by Gasteiger charge is -2.09. The van der Waals surface area contributed by atoms with E-state index >= 15 is 0 Å². The molecule has 0 bridgehead atoms. The minimum Gasteiger partial charge on any atom is -0.497 e. The number of amides is 4. The van der Waals surface area contributed by atoms with Crippen molar-refractivity contribution in [2.24, 2.45) is 0 Å². The molecule has 0 saturated heterocycles. The molecule has 8 heteroatoms. The Balaban J connectivity index is 1.90. The van der Waals surface area contributed by atoms with E-state index in [-0.39, 0.29) is 16.1 Å². The fourth-order valence-electron chi connectivity index (χ4n) is 1.80. The highest BCUT2D eigenvalue weighted by Crippen LogP contribution is 2.14. The zero-order valence-corrected chi connectivity index (χ0v) is 13.4. The lowest BCUT2D eigenvalue weighted by Crippen LogP contribution is -2.48. The predicted molar refractivity (Wildman–Crippen MR) is 87.9 cm³/mol. The summed E-state index contributed by atoms with van der Waals surface area (Å²) in [7, 11) is 1.48. The lowest BCUT2D eigenvalue weighted by atomic mass is 10.2. The maximum Gasteiger partial charge on any atom is 0.340 e. The van der Waals surface area contributed by atoms with E-state index in [9.17, 15) is 14.4 Å². The normalized spacial score (nSPS) is 9.75. The van der Waals surface area contributed by atoms with Gasteiger partial charge in [-0.1, -0.05) is 29.8 Å². The molecule has 7 nitrogen and oxygen atoms in total. The largest absolute Gasteiger partial charge is 0.497 e. The van der Waals surface area contributed by atoms with E-state index < -0.39 is 17.8 Å². The van der Waals surface area contributed by atoms with Crippen LogP contribution in [0.5, 0.6) is 5.75 Å². The van der Waals surface area contributed by atoms with Gasteiger partial charge in [-0.25, -0.2) is 10.2 Å². The van der Waals surface area contributed by atoms with Gasteiger partial charge in [0.05, 0.1) is 17.7 Å². The number of carbonyl (C=O) groups is 3. The van der Waals surface area contributed by atoms with E-state index in [1.807, 2.05) is 0 Å². The van der Waals surface area contributed by atoms with Gasteiger partial charge >= 0.3 is 6.03 Å². The van der Waals surface area contributed by atoms with Crippen molar-refractivity contribution in [1.82, 2.24) is 16.2 Å². The first kappa shape index (κ1) is 17.3. The minimum absolute atomic E-state index is 0.147. The van der Waals surface area contributed by atoms with Crippen LogP contribution in [0.25, 0.3) is 0 Å². The van der Waals surface area contributed by atoms with Crippen LogP contribution in [-0.2, 0) is 0 Å². The van der Waals surface area contributed by atoms with Crippen molar-refractivity contribution >= 4 is 29.4 Å². The number of hydrogen-bond donors (Lipinski definition) is 3. The molecule has 4 amide bonds. The number of halogens is 1. The van der Waals surface area contributed by atoms with Crippen molar-refractivity contribution in [3.05, 3.63) is 64.7 Å². The van der Waals surface area contributed by atoms with Crippen LogP contribution in [0.3, 0.4) is 0 Å². The first-order chi connectivity index (χ1) is 11.5. The Hall–Kier alpha value is -3.06. The average molecular weight is 348 g/mol. The van der Waals surface area contributed by atoms with Crippen LogP contribution in [0.15, 0.2) is 48.5 Å². The molecule has 2 aromatic carbocycles. The van der Waals surface area contributed by atoms with Crippen molar-refractivity contribution < 1.29 is 19.1 Å². The summed E-state index contributed by atoms with van der Waals surface area (Å²) in [5, 5.41) is 2.26. The predicted octanol–water partition coefficient (Wildman–Crippen LogP) is 2.13. The van der Waals surface area contributed by atoms with Crippen LogP contribution in [0, 0.1) is 0 Å². The molecule has 0 fully saturated rings. The summed E-state index contributed by atoms with van der Waals surface area (Å²) in [6.45, 7) is 0. The number of rotatable bonds is 3. The first-order valence-corrected chi connectivity index (χ1v) is 7.19. The fourth-order valence-corrected chi connectivity index (χ4v) is 2.02. The summed E-state index contributed by atoms with van der Waals surface area (Å²) >= 11 is 5.86. The summed E-state index contributed by atoms with van der Waals surface area (Å²) in [4.78, 5) is 35.5. The smallest absolute Gasteiger partial charge is 0.340 e. The van der Waals surface area contributed by atoms with Crippen molar-refractivity contribution in [3.63, 3.8) is 0 Å². The molecule has 0 aliphatic rings. The fraction of sp³-hybridized carbons (Fsp3) is 0.0625. The summed E-state index contributed by atoms with van der Waals surface area (Å²) in [6.07, 6.45) is 0. The maximum absolute atomic E-state index is 11.9. The van der Waals surface area contributed by atoms with Gasteiger partial charge in [0.25, 0.3) is 11.8 Å². The molecule has 0 heterocycles. The van der Waals surface area contributed by atoms with Crippen LogP contribution in [0.1, 0.15) is 20.7 Å². The highest BCUT2D eigenvalue weighted by Gasteiger charge is 2.14. The Morgan fingerprint density at radius 3 is 2.42 bits per heavy atom. The SMILES string of the molecule is COc1cccc(C(=O)NNC(=O)NC(=O)c2ccccc2Cl)c1. The van der Waals surface area contributed by atoms with Crippen LogP contribution in [0.2, 0.25) is 5.02 Å². The summed E-state index contributed by atoms with van der Waals surface area (Å²) in [6, 6.07) is 11.7. The van der Waals surface area contributed by atoms with Gasteiger partial charge in [0.1, 0.15) is 5.75 Å². The van der Waals surface area contributed by atoms with E-state index in [2.05, 4.69) is 16.2 Å². The van der Waals surface area contributed by atoms with Crippen molar-refractivity contribution in [2.75, 3.05) is 7.11 Å². The lowest BCUT2D eigenvalue weighted by molar-refractivity contribution is 0.0918. The van der Waals surface area contributed by atoms with Gasteiger partial charge in [-0.3, -0.25) is 20.3 Å². The number of hydrazine groups is 1. The van der Waals surface area contributed by atoms with Gasteiger partial charge in [-0.15, -0.1) is 0 Å². The second kappa shape index (κ2) is 7.98. The maximum atomic E-state index is 11.9. The van der Waals surface area contributed by atoms with Crippen molar-refractivity contribution in [1.29, 1.82) is 0 Å². The highest BCUT2D eigenvalue weighted by atomic mass is 35.5. The van der Waals surface area contributed by atoms with Gasteiger partial charge in [0, 0.05) is 5.56 Å². The average Bonchev–Trinajstić information content (AvgIpc) is 2.60.